The quantitative estimate of drug-likeness (QED) is 0.738. The summed E-state index contributed by atoms with van der Waals surface area (Å²) in [5, 5.41) is 9.06. The van der Waals surface area contributed by atoms with E-state index in [4.69, 9.17) is 14.6 Å². The van der Waals surface area contributed by atoms with Crippen molar-refractivity contribution >= 4 is 5.97 Å². The highest BCUT2D eigenvalue weighted by Gasteiger charge is 2.63. The Kier molecular flexibility index (Phi) is 4.09. The van der Waals surface area contributed by atoms with Crippen molar-refractivity contribution in [3.05, 3.63) is 47.5 Å². The van der Waals surface area contributed by atoms with Crippen molar-refractivity contribution < 1.29 is 46.1 Å². The minimum Gasteiger partial charge on any atom is -0.488 e. The van der Waals surface area contributed by atoms with Gasteiger partial charge in [-0.05, 0) is 24.3 Å². The smallest absolute Gasteiger partial charge is 0.416 e. The zero-order valence-corrected chi connectivity index (χ0v) is 13.7. The third-order valence-corrected chi connectivity index (χ3v) is 4.56. The third kappa shape index (κ3) is 3.19. The van der Waals surface area contributed by atoms with Gasteiger partial charge in [-0.25, -0.2) is 0 Å². The fraction of sp³-hybridized carbons (Fsp3) is 0.278. The molecule has 3 atom stereocenters. The first-order valence-electron chi connectivity index (χ1n) is 8.02. The molecule has 1 heterocycles. The van der Waals surface area contributed by atoms with E-state index >= 15 is 0 Å². The van der Waals surface area contributed by atoms with Gasteiger partial charge >= 0.3 is 18.8 Å². The van der Waals surface area contributed by atoms with E-state index < -0.39 is 42.1 Å². The molecular formula is C18H11F5O5. The summed E-state index contributed by atoms with van der Waals surface area (Å²) in [4.78, 5) is 11.1. The molecule has 1 aliphatic heterocycles. The predicted molar refractivity (Wildman–Crippen MR) is 82.9 cm³/mol. The molecule has 2 aromatic rings. The molecule has 0 amide bonds. The Labute approximate surface area is 154 Å². The molecule has 1 fully saturated rings. The Morgan fingerprint density at radius 2 is 1.86 bits per heavy atom. The molecule has 0 radical (unpaired) electrons. The molecular weight excluding hydrogens is 391 g/mol. The van der Waals surface area contributed by atoms with Gasteiger partial charge in [-0.1, -0.05) is 6.07 Å². The first kappa shape index (κ1) is 18.3. The number of fused-ring (bicyclic) bond motifs is 3. The number of alkyl halides is 5. The minimum atomic E-state index is -4.73. The highest BCUT2D eigenvalue weighted by Crippen LogP contribution is 2.59. The summed E-state index contributed by atoms with van der Waals surface area (Å²) in [6.07, 6.45) is -5.20. The van der Waals surface area contributed by atoms with Gasteiger partial charge in [0.25, 0.3) is 0 Å². The van der Waals surface area contributed by atoms with Crippen LogP contribution in [0.1, 0.15) is 17.0 Å². The van der Waals surface area contributed by atoms with E-state index in [-0.39, 0.29) is 17.4 Å². The number of carbonyl (C=O) groups is 1. The van der Waals surface area contributed by atoms with Crippen LogP contribution in [0.3, 0.4) is 0 Å². The second-order valence-electron chi connectivity index (χ2n) is 6.31. The number of hydrogen-bond acceptors (Lipinski definition) is 4. The van der Waals surface area contributed by atoms with Gasteiger partial charge in [-0.2, -0.15) is 22.0 Å². The van der Waals surface area contributed by atoms with Crippen LogP contribution in [0.25, 0.3) is 0 Å². The molecule has 0 aromatic heterocycles. The van der Waals surface area contributed by atoms with Gasteiger partial charge in [0, 0.05) is 17.5 Å². The molecule has 4 rings (SSSR count). The van der Waals surface area contributed by atoms with Crippen LogP contribution in [0, 0.1) is 5.92 Å². The first-order valence-corrected chi connectivity index (χ1v) is 8.02. The van der Waals surface area contributed by atoms with Crippen molar-refractivity contribution in [3.63, 3.8) is 0 Å². The van der Waals surface area contributed by atoms with Crippen LogP contribution in [-0.4, -0.2) is 23.8 Å². The fourth-order valence-corrected chi connectivity index (χ4v) is 3.28. The van der Waals surface area contributed by atoms with E-state index in [1.807, 2.05) is 0 Å². The van der Waals surface area contributed by atoms with E-state index in [2.05, 4.69) is 4.74 Å². The van der Waals surface area contributed by atoms with Crippen LogP contribution in [0.2, 0.25) is 0 Å². The van der Waals surface area contributed by atoms with E-state index in [0.717, 1.165) is 6.07 Å². The molecule has 1 N–H and O–H groups in total. The van der Waals surface area contributed by atoms with Gasteiger partial charge in [-0.3, -0.25) is 4.79 Å². The van der Waals surface area contributed by atoms with Crippen molar-refractivity contribution in [2.75, 3.05) is 0 Å². The standard InChI is InChI=1S/C18H11F5O5/c19-17(20)28-12-5-7(18(21,22)23)1-4-10(12)26-8-2-3-9-11(6-8)27-15-13(9)14(15)16(24)25/h1-6,13-15,17H,(H,24,25). The number of ether oxygens (including phenoxy) is 3. The summed E-state index contributed by atoms with van der Waals surface area (Å²) in [7, 11) is 0. The number of benzene rings is 2. The Morgan fingerprint density at radius 1 is 1.11 bits per heavy atom. The molecule has 0 saturated heterocycles. The maximum absolute atomic E-state index is 12.8. The van der Waals surface area contributed by atoms with Crippen molar-refractivity contribution in [2.24, 2.45) is 5.92 Å². The Balaban J connectivity index is 1.59. The van der Waals surface area contributed by atoms with E-state index in [1.165, 1.54) is 12.1 Å². The normalized spacial score (nSPS) is 22.3. The van der Waals surface area contributed by atoms with Crippen LogP contribution in [-0.2, 0) is 11.0 Å². The number of rotatable bonds is 5. The molecule has 148 valence electrons. The lowest BCUT2D eigenvalue weighted by Crippen LogP contribution is -2.09. The van der Waals surface area contributed by atoms with Crippen molar-refractivity contribution in [1.82, 2.24) is 0 Å². The van der Waals surface area contributed by atoms with Crippen LogP contribution in [0.5, 0.6) is 23.0 Å². The molecule has 0 bridgehead atoms. The molecule has 10 heteroatoms. The predicted octanol–water partition coefficient (Wildman–Crippen LogP) is 4.66. The molecule has 2 aliphatic rings. The zero-order valence-electron chi connectivity index (χ0n) is 13.7. The Morgan fingerprint density at radius 3 is 2.50 bits per heavy atom. The molecule has 28 heavy (non-hydrogen) atoms. The summed E-state index contributed by atoms with van der Waals surface area (Å²) < 4.78 is 78.6. The molecule has 2 aromatic carbocycles. The highest BCUT2D eigenvalue weighted by molar-refractivity contribution is 5.79. The second-order valence-corrected chi connectivity index (χ2v) is 6.31. The summed E-state index contributed by atoms with van der Waals surface area (Å²) >= 11 is 0. The van der Waals surface area contributed by atoms with E-state index in [9.17, 15) is 26.7 Å². The third-order valence-electron chi connectivity index (χ3n) is 4.56. The molecule has 5 nitrogen and oxygen atoms in total. The maximum Gasteiger partial charge on any atom is 0.416 e. The summed E-state index contributed by atoms with van der Waals surface area (Å²) in [6.45, 7) is -3.34. The lowest BCUT2D eigenvalue weighted by molar-refractivity contribution is -0.139. The highest BCUT2D eigenvalue weighted by atomic mass is 19.4. The van der Waals surface area contributed by atoms with Gasteiger partial charge in [-0.15, -0.1) is 0 Å². The van der Waals surface area contributed by atoms with Gasteiger partial charge in [0.15, 0.2) is 11.5 Å². The van der Waals surface area contributed by atoms with Crippen LogP contribution >= 0.6 is 0 Å². The average Bonchev–Trinajstić information content (AvgIpc) is 3.18. The van der Waals surface area contributed by atoms with Crippen LogP contribution in [0.15, 0.2) is 36.4 Å². The van der Waals surface area contributed by atoms with Crippen LogP contribution < -0.4 is 14.2 Å². The summed E-state index contributed by atoms with van der Waals surface area (Å²) in [6, 6.07) is 6.45. The number of carboxylic acid groups (broad SMARTS) is 1. The number of aliphatic carboxylic acids is 1. The van der Waals surface area contributed by atoms with Crippen molar-refractivity contribution in [1.29, 1.82) is 0 Å². The molecule has 0 spiro atoms. The fourth-order valence-electron chi connectivity index (χ4n) is 3.28. The number of halogens is 5. The van der Waals surface area contributed by atoms with Gasteiger partial charge < -0.3 is 19.3 Å². The zero-order chi connectivity index (χ0) is 20.2. The van der Waals surface area contributed by atoms with E-state index in [1.54, 1.807) is 6.07 Å². The maximum atomic E-state index is 12.8. The Bertz CT molecular complexity index is 942. The minimum absolute atomic E-state index is 0.116. The largest absolute Gasteiger partial charge is 0.488 e. The van der Waals surface area contributed by atoms with Gasteiger partial charge in [0.1, 0.15) is 23.5 Å². The molecule has 3 unspecified atom stereocenters. The molecule has 1 aliphatic carbocycles. The monoisotopic (exact) mass is 402 g/mol. The topological polar surface area (TPSA) is 65.0 Å². The Hall–Kier alpha value is -3.04. The lowest BCUT2D eigenvalue weighted by atomic mass is 10.1. The second kappa shape index (κ2) is 6.25. The van der Waals surface area contributed by atoms with E-state index in [0.29, 0.717) is 23.4 Å². The SMILES string of the molecule is O=C(O)C1C2Oc3cc(Oc4ccc(C(F)(F)F)cc4OC(F)F)ccc3C21. The van der Waals surface area contributed by atoms with Gasteiger partial charge in [0.2, 0.25) is 0 Å². The average molecular weight is 402 g/mol. The molecule has 1 saturated carbocycles. The first-order chi connectivity index (χ1) is 13.1. The van der Waals surface area contributed by atoms with Crippen LogP contribution in [0.4, 0.5) is 22.0 Å². The van der Waals surface area contributed by atoms with Crippen molar-refractivity contribution in [3.8, 4) is 23.0 Å². The van der Waals surface area contributed by atoms with Crippen molar-refractivity contribution in [2.45, 2.75) is 24.8 Å². The van der Waals surface area contributed by atoms with Gasteiger partial charge in [0.05, 0.1) is 5.56 Å². The number of hydrogen-bond donors (Lipinski definition) is 1. The number of carboxylic acids is 1. The lowest BCUT2D eigenvalue weighted by Gasteiger charge is -2.15. The summed E-state index contributed by atoms with van der Waals surface area (Å²) in [5.41, 5.74) is -0.478. The summed E-state index contributed by atoms with van der Waals surface area (Å²) in [5.74, 6) is -2.43.